The molecule has 1 aliphatic heterocycles. The highest BCUT2D eigenvalue weighted by Crippen LogP contribution is 2.41. The minimum Gasteiger partial charge on any atom is -0.497 e. The topological polar surface area (TPSA) is 63.6 Å². The standard InChI is InChI=1S/C33H34ClN3O3/c1-40-28-18-15-24-19-30-31(38)37(21-23-13-16-26(34)17-14-23)33(22-36(30)29(24)20-28,25-9-5-4-6-10-25)32(39)35-27-11-7-2-3-8-12-27/h4-6,9-10,13-20,27H,2-3,7-8,11-12,21-22H2,1H3,(H,35,39)/t33-/m1/s1. The van der Waals surface area contributed by atoms with E-state index in [-0.39, 0.29) is 24.4 Å². The number of hydrogen-bond acceptors (Lipinski definition) is 3. The van der Waals surface area contributed by atoms with Gasteiger partial charge in [-0.25, -0.2) is 0 Å². The predicted octanol–water partition coefficient (Wildman–Crippen LogP) is 6.69. The molecule has 3 aromatic carbocycles. The van der Waals surface area contributed by atoms with Crippen LogP contribution in [0.4, 0.5) is 0 Å². The number of rotatable bonds is 6. The summed E-state index contributed by atoms with van der Waals surface area (Å²) in [5, 5.41) is 4.98. The molecule has 206 valence electrons. The fourth-order valence-corrected chi connectivity index (χ4v) is 6.45. The van der Waals surface area contributed by atoms with Crippen LogP contribution in [0, 0.1) is 0 Å². The summed E-state index contributed by atoms with van der Waals surface area (Å²) in [6.07, 6.45) is 6.49. The summed E-state index contributed by atoms with van der Waals surface area (Å²) >= 11 is 6.19. The molecule has 0 bridgehead atoms. The van der Waals surface area contributed by atoms with Crippen LogP contribution in [0.15, 0.2) is 78.9 Å². The highest BCUT2D eigenvalue weighted by Gasteiger charge is 2.52. The van der Waals surface area contributed by atoms with Gasteiger partial charge in [-0.3, -0.25) is 9.59 Å². The molecule has 2 heterocycles. The number of methoxy groups -OCH3 is 1. The molecule has 6 rings (SSSR count). The number of nitrogens with one attached hydrogen (secondary N) is 1. The van der Waals surface area contributed by atoms with Crippen LogP contribution in [0.1, 0.15) is 60.1 Å². The maximum absolute atomic E-state index is 14.7. The molecular formula is C33H34ClN3O3. The van der Waals surface area contributed by atoms with E-state index < -0.39 is 5.54 Å². The van der Waals surface area contributed by atoms with Crippen molar-refractivity contribution in [3.8, 4) is 5.75 Å². The number of ether oxygens (including phenoxy) is 1. The van der Waals surface area contributed by atoms with E-state index in [2.05, 4.69) is 5.32 Å². The molecule has 0 spiro atoms. The first-order valence-corrected chi connectivity index (χ1v) is 14.5. The number of benzene rings is 3. The predicted molar refractivity (Wildman–Crippen MR) is 158 cm³/mol. The highest BCUT2D eigenvalue weighted by molar-refractivity contribution is 6.30. The van der Waals surface area contributed by atoms with Gasteiger partial charge in [-0.05, 0) is 54.3 Å². The summed E-state index contributed by atoms with van der Waals surface area (Å²) in [7, 11) is 1.63. The van der Waals surface area contributed by atoms with Crippen LogP contribution >= 0.6 is 11.6 Å². The van der Waals surface area contributed by atoms with E-state index in [0.29, 0.717) is 23.0 Å². The van der Waals surface area contributed by atoms with E-state index >= 15 is 0 Å². The lowest BCUT2D eigenvalue weighted by atomic mass is 9.83. The molecule has 2 aliphatic rings. The first-order valence-electron chi connectivity index (χ1n) is 14.1. The van der Waals surface area contributed by atoms with Crippen LogP contribution in [-0.2, 0) is 23.4 Å². The molecule has 0 radical (unpaired) electrons. The van der Waals surface area contributed by atoms with Gasteiger partial charge in [-0.2, -0.15) is 0 Å². The Morgan fingerprint density at radius 1 is 0.975 bits per heavy atom. The van der Waals surface area contributed by atoms with Gasteiger partial charge < -0.3 is 19.5 Å². The molecular weight excluding hydrogens is 522 g/mol. The van der Waals surface area contributed by atoms with Crippen molar-refractivity contribution >= 4 is 34.3 Å². The third kappa shape index (κ3) is 4.75. The van der Waals surface area contributed by atoms with E-state index in [1.54, 1.807) is 12.0 Å². The van der Waals surface area contributed by atoms with Crippen molar-refractivity contribution in [2.24, 2.45) is 0 Å². The van der Waals surface area contributed by atoms with Gasteiger partial charge in [0, 0.05) is 29.1 Å². The second-order valence-corrected chi connectivity index (χ2v) is 11.4. The molecule has 1 saturated carbocycles. The zero-order valence-electron chi connectivity index (χ0n) is 22.7. The minimum atomic E-state index is -1.26. The van der Waals surface area contributed by atoms with Gasteiger partial charge in [0.25, 0.3) is 11.8 Å². The average Bonchev–Trinajstić information content (AvgIpc) is 3.14. The Morgan fingerprint density at radius 3 is 2.40 bits per heavy atom. The van der Waals surface area contributed by atoms with Gasteiger partial charge in [0.1, 0.15) is 11.4 Å². The Kier molecular flexibility index (Phi) is 7.28. The lowest BCUT2D eigenvalue weighted by molar-refractivity contribution is -0.136. The summed E-state index contributed by atoms with van der Waals surface area (Å²) in [4.78, 5) is 31.0. The van der Waals surface area contributed by atoms with E-state index in [1.807, 2.05) is 83.4 Å². The van der Waals surface area contributed by atoms with Gasteiger partial charge in [0.15, 0.2) is 5.54 Å². The van der Waals surface area contributed by atoms with Crippen molar-refractivity contribution in [2.75, 3.05) is 7.11 Å². The molecule has 4 aromatic rings. The Labute approximate surface area is 239 Å². The molecule has 1 aliphatic carbocycles. The van der Waals surface area contributed by atoms with Crippen molar-refractivity contribution < 1.29 is 14.3 Å². The SMILES string of the molecule is COc1ccc2cc3n(c2c1)C[C@](C(=O)NC1CCCCCC1)(c1ccccc1)N(Cc1ccc(Cl)cc1)C3=O. The van der Waals surface area contributed by atoms with Crippen molar-refractivity contribution in [3.63, 3.8) is 0 Å². The summed E-state index contributed by atoms with van der Waals surface area (Å²) in [5.74, 6) is 0.386. The van der Waals surface area contributed by atoms with Gasteiger partial charge in [0.05, 0.1) is 19.2 Å². The molecule has 7 heteroatoms. The number of nitrogens with zero attached hydrogens (tertiary/aromatic N) is 2. The Morgan fingerprint density at radius 2 is 1.70 bits per heavy atom. The minimum absolute atomic E-state index is 0.0889. The number of aromatic nitrogens is 1. The third-order valence-corrected chi connectivity index (χ3v) is 8.75. The highest BCUT2D eigenvalue weighted by atomic mass is 35.5. The summed E-state index contributed by atoms with van der Waals surface area (Å²) in [5.41, 5.74) is 1.87. The van der Waals surface area contributed by atoms with Gasteiger partial charge in [-0.15, -0.1) is 0 Å². The van der Waals surface area contributed by atoms with Crippen LogP contribution in [0.5, 0.6) is 5.75 Å². The van der Waals surface area contributed by atoms with E-state index in [0.717, 1.165) is 47.7 Å². The first kappa shape index (κ1) is 26.5. The number of halogens is 1. The van der Waals surface area contributed by atoms with Crippen LogP contribution < -0.4 is 10.1 Å². The fourth-order valence-electron chi connectivity index (χ4n) is 6.33. The molecule has 1 aromatic heterocycles. The van der Waals surface area contributed by atoms with Crippen LogP contribution in [0.25, 0.3) is 10.9 Å². The Bertz CT molecular complexity index is 1520. The molecule has 0 unspecified atom stereocenters. The molecule has 1 N–H and O–H groups in total. The number of fused-ring (bicyclic) bond motifs is 3. The van der Waals surface area contributed by atoms with Gasteiger partial charge >= 0.3 is 0 Å². The molecule has 1 atom stereocenters. The zero-order valence-corrected chi connectivity index (χ0v) is 23.5. The van der Waals surface area contributed by atoms with Crippen LogP contribution in [-0.4, -0.2) is 34.4 Å². The molecule has 0 saturated heterocycles. The quantitative estimate of drug-likeness (QED) is 0.269. The Hall–Kier alpha value is -3.77. The summed E-state index contributed by atoms with van der Waals surface area (Å²) in [6, 6.07) is 25.0. The van der Waals surface area contributed by atoms with Crippen molar-refractivity contribution in [3.05, 3.63) is 101 Å². The normalized spacial score (nSPS) is 19.8. The first-order chi connectivity index (χ1) is 19.5. The maximum atomic E-state index is 14.7. The lowest BCUT2D eigenvalue weighted by Gasteiger charge is -2.47. The number of hydrogen-bond donors (Lipinski definition) is 1. The Balaban J connectivity index is 1.53. The van der Waals surface area contributed by atoms with Crippen molar-refractivity contribution in [1.82, 2.24) is 14.8 Å². The third-order valence-electron chi connectivity index (χ3n) is 8.49. The van der Waals surface area contributed by atoms with E-state index in [9.17, 15) is 9.59 Å². The van der Waals surface area contributed by atoms with E-state index in [1.165, 1.54) is 12.8 Å². The summed E-state index contributed by atoms with van der Waals surface area (Å²) in [6.45, 7) is 0.564. The lowest BCUT2D eigenvalue weighted by Crippen LogP contribution is -2.63. The molecule has 2 amide bonds. The maximum Gasteiger partial charge on any atom is 0.272 e. The number of carbonyl (C=O) groups excluding carboxylic acids is 2. The zero-order chi connectivity index (χ0) is 27.7. The van der Waals surface area contributed by atoms with E-state index in [4.69, 9.17) is 16.3 Å². The summed E-state index contributed by atoms with van der Waals surface area (Å²) < 4.78 is 7.52. The van der Waals surface area contributed by atoms with Crippen LogP contribution in [0.2, 0.25) is 5.02 Å². The number of amides is 2. The van der Waals surface area contributed by atoms with Crippen molar-refractivity contribution in [1.29, 1.82) is 0 Å². The second-order valence-electron chi connectivity index (χ2n) is 10.9. The molecule has 1 fully saturated rings. The smallest absolute Gasteiger partial charge is 0.272 e. The second kappa shape index (κ2) is 11.0. The van der Waals surface area contributed by atoms with Crippen LogP contribution in [0.3, 0.4) is 0 Å². The van der Waals surface area contributed by atoms with Gasteiger partial charge in [-0.1, -0.05) is 79.7 Å². The fraction of sp³-hybridized carbons (Fsp3) is 0.333. The van der Waals surface area contributed by atoms with Crippen molar-refractivity contribution in [2.45, 2.75) is 63.2 Å². The largest absolute Gasteiger partial charge is 0.497 e. The average molecular weight is 556 g/mol. The number of carbonyl (C=O) groups is 2. The monoisotopic (exact) mass is 555 g/mol. The molecule has 6 nitrogen and oxygen atoms in total. The molecule has 40 heavy (non-hydrogen) atoms. The van der Waals surface area contributed by atoms with Gasteiger partial charge in [0.2, 0.25) is 0 Å².